The maximum absolute atomic E-state index is 13.0. The van der Waals surface area contributed by atoms with Gasteiger partial charge >= 0.3 is 0 Å². The van der Waals surface area contributed by atoms with Gasteiger partial charge in [0.05, 0.1) is 12.7 Å². The molecule has 0 aliphatic heterocycles. The average Bonchev–Trinajstić information content (AvgIpc) is 2.42. The van der Waals surface area contributed by atoms with Gasteiger partial charge in [0.25, 0.3) is 0 Å². The number of methoxy groups -OCH3 is 1. The molecule has 0 heterocycles. The Morgan fingerprint density at radius 2 is 2.00 bits per heavy atom. The highest BCUT2D eigenvalue weighted by Gasteiger charge is 2.25. The van der Waals surface area contributed by atoms with Crippen LogP contribution in [-0.2, 0) is 12.0 Å². The summed E-state index contributed by atoms with van der Waals surface area (Å²) in [5.41, 5.74) is 0.300. The molecule has 0 spiro atoms. The van der Waals surface area contributed by atoms with E-state index in [1.807, 2.05) is 18.2 Å². The van der Waals surface area contributed by atoms with Gasteiger partial charge in [-0.1, -0.05) is 29.8 Å². The van der Waals surface area contributed by atoms with Gasteiger partial charge in [0.15, 0.2) is 0 Å². The molecule has 0 aliphatic carbocycles. The third-order valence-corrected chi connectivity index (χ3v) is 3.59. The minimum atomic E-state index is -1.12. The highest BCUT2D eigenvalue weighted by Crippen LogP contribution is 2.30. The van der Waals surface area contributed by atoms with Crippen LogP contribution in [0.5, 0.6) is 5.75 Å². The number of aliphatic hydroxyl groups is 1. The lowest BCUT2D eigenvalue weighted by atomic mass is 9.89. The lowest BCUT2D eigenvalue weighted by Crippen LogP contribution is -2.24. The Labute approximate surface area is 122 Å². The largest absolute Gasteiger partial charge is 0.497 e. The summed E-state index contributed by atoms with van der Waals surface area (Å²) in [5.74, 6) is 0.285. The van der Waals surface area contributed by atoms with Crippen LogP contribution in [0.15, 0.2) is 42.5 Å². The molecule has 4 heteroatoms. The van der Waals surface area contributed by atoms with Crippen LogP contribution in [0, 0.1) is 5.82 Å². The first-order chi connectivity index (χ1) is 9.42. The second-order valence-electron chi connectivity index (χ2n) is 4.92. The summed E-state index contributed by atoms with van der Waals surface area (Å²) in [5, 5.41) is 11.0. The molecule has 0 saturated carbocycles. The second kappa shape index (κ2) is 5.81. The minimum absolute atomic E-state index is 0.291. The molecule has 106 valence electrons. The van der Waals surface area contributed by atoms with E-state index < -0.39 is 5.60 Å². The van der Waals surface area contributed by atoms with Gasteiger partial charge in [-0.2, -0.15) is 0 Å². The van der Waals surface area contributed by atoms with Crippen LogP contribution in [0.4, 0.5) is 4.39 Å². The minimum Gasteiger partial charge on any atom is -0.497 e. The summed E-state index contributed by atoms with van der Waals surface area (Å²) < 4.78 is 18.2. The topological polar surface area (TPSA) is 29.5 Å². The molecule has 0 aromatic heterocycles. The van der Waals surface area contributed by atoms with Crippen LogP contribution in [0.25, 0.3) is 0 Å². The number of rotatable bonds is 4. The number of ether oxygens (including phenoxy) is 1. The predicted octanol–water partition coefficient (Wildman–Crippen LogP) is 3.94. The highest BCUT2D eigenvalue weighted by atomic mass is 35.5. The zero-order chi connectivity index (χ0) is 14.8. The van der Waals surface area contributed by atoms with Crippen molar-refractivity contribution in [3.8, 4) is 5.75 Å². The predicted molar refractivity (Wildman–Crippen MR) is 77.7 cm³/mol. The van der Waals surface area contributed by atoms with Crippen molar-refractivity contribution in [3.05, 3.63) is 64.4 Å². The molecule has 0 radical (unpaired) electrons. The Kier molecular flexibility index (Phi) is 4.31. The normalized spacial score (nSPS) is 13.8. The molecule has 2 aromatic rings. The third kappa shape index (κ3) is 3.30. The van der Waals surface area contributed by atoms with E-state index in [9.17, 15) is 9.50 Å². The van der Waals surface area contributed by atoms with E-state index in [1.165, 1.54) is 12.1 Å². The summed E-state index contributed by atoms with van der Waals surface area (Å²) >= 11 is 6.01. The van der Waals surface area contributed by atoms with Crippen molar-refractivity contribution >= 4 is 11.6 Å². The molecular formula is C16H16ClFO2. The van der Waals surface area contributed by atoms with E-state index in [1.54, 1.807) is 26.2 Å². The molecule has 20 heavy (non-hydrogen) atoms. The first-order valence-electron chi connectivity index (χ1n) is 6.23. The van der Waals surface area contributed by atoms with E-state index in [2.05, 4.69) is 0 Å². The third-order valence-electron chi connectivity index (χ3n) is 3.24. The van der Waals surface area contributed by atoms with Crippen molar-refractivity contribution in [1.82, 2.24) is 0 Å². The second-order valence-corrected chi connectivity index (χ2v) is 5.33. The van der Waals surface area contributed by atoms with E-state index in [4.69, 9.17) is 16.3 Å². The van der Waals surface area contributed by atoms with Gasteiger partial charge in [0, 0.05) is 11.4 Å². The summed E-state index contributed by atoms with van der Waals surface area (Å²) in [6.07, 6.45) is 0.291. The van der Waals surface area contributed by atoms with Gasteiger partial charge < -0.3 is 9.84 Å². The van der Waals surface area contributed by atoms with Crippen molar-refractivity contribution in [2.24, 2.45) is 0 Å². The van der Waals surface area contributed by atoms with Crippen molar-refractivity contribution in [2.75, 3.05) is 7.11 Å². The van der Waals surface area contributed by atoms with Crippen LogP contribution in [0.2, 0.25) is 5.02 Å². The number of benzene rings is 2. The van der Waals surface area contributed by atoms with Crippen LogP contribution < -0.4 is 4.74 Å². The van der Waals surface area contributed by atoms with Crippen LogP contribution >= 0.6 is 11.6 Å². The van der Waals surface area contributed by atoms with Gasteiger partial charge in [-0.05, 0) is 42.3 Å². The first kappa shape index (κ1) is 14.8. The average molecular weight is 295 g/mol. The Morgan fingerprint density at radius 1 is 1.25 bits per heavy atom. The molecule has 2 nitrogen and oxygen atoms in total. The fraction of sp³-hybridized carbons (Fsp3) is 0.250. The fourth-order valence-electron chi connectivity index (χ4n) is 2.10. The van der Waals surface area contributed by atoms with E-state index in [0.717, 1.165) is 5.56 Å². The van der Waals surface area contributed by atoms with Crippen molar-refractivity contribution in [2.45, 2.75) is 18.9 Å². The summed E-state index contributed by atoms with van der Waals surface area (Å²) in [4.78, 5) is 0. The zero-order valence-electron chi connectivity index (χ0n) is 11.4. The summed E-state index contributed by atoms with van der Waals surface area (Å²) in [6.45, 7) is 1.70. The number of halogens is 2. The van der Waals surface area contributed by atoms with E-state index >= 15 is 0 Å². The van der Waals surface area contributed by atoms with Crippen molar-refractivity contribution < 1.29 is 14.2 Å². The molecule has 2 rings (SSSR count). The SMILES string of the molecule is COc1cccc(C(C)(O)Cc2ccc(F)cc2Cl)c1. The van der Waals surface area contributed by atoms with E-state index in [-0.39, 0.29) is 5.82 Å². The molecule has 1 atom stereocenters. The molecule has 1 N–H and O–H groups in total. The van der Waals surface area contributed by atoms with Gasteiger partial charge in [0.1, 0.15) is 11.6 Å². The molecule has 0 saturated heterocycles. The van der Waals surface area contributed by atoms with Crippen LogP contribution in [-0.4, -0.2) is 12.2 Å². The first-order valence-corrected chi connectivity index (χ1v) is 6.61. The highest BCUT2D eigenvalue weighted by molar-refractivity contribution is 6.31. The number of hydrogen-bond acceptors (Lipinski definition) is 2. The molecule has 0 fully saturated rings. The molecule has 2 aromatic carbocycles. The maximum atomic E-state index is 13.0. The van der Waals surface area contributed by atoms with E-state index in [0.29, 0.717) is 22.8 Å². The Bertz CT molecular complexity index is 611. The standard InChI is InChI=1S/C16H16ClFO2/c1-16(19,12-4-3-5-14(8-12)20-2)10-11-6-7-13(18)9-15(11)17/h3-9,19H,10H2,1-2H3. The Balaban J connectivity index is 2.29. The zero-order valence-corrected chi connectivity index (χ0v) is 12.1. The van der Waals surface area contributed by atoms with Gasteiger partial charge in [0.2, 0.25) is 0 Å². The fourth-order valence-corrected chi connectivity index (χ4v) is 2.33. The Hall–Kier alpha value is -1.58. The van der Waals surface area contributed by atoms with Gasteiger partial charge in [-0.3, -0.25) is 0 Å². The molecule has 1 unspecified atom stereocenters. The molecule has 0 bridgehead atoms. The summed E-state index contributed by atoms with van der Waals surface area (Å²) in [7, 11) is 1.57. The lowest BCUT2D eigenvalue weighted by Gasteiger charge is -2.25. The van der Waals surface area contributed by atoms with Crippen molar-refractivity contribution in [3.63, 3.8) is 0 Å². The Morgan fingerprint density at radius 3 is 2.65 bits per heavy atom. The summed E-state index contributed by atoms with van der Waals surface area (Å²) in [6, 6.07) is 11.4. The van der Waals surface area contributed by atoms with Crippen LogP contribution in [0.1, 0.15) is 18.1 Å². The van der Waals surface area contributed by atoms with Gasteiger partial charge in [-0.15, -0.1) is 0 Å². The maximum Gasteiger partial charge on any atom is 0.124 e. The van der Waals surface area contributed by atoms with Crippen LogP contribution in [0.3, 0.4) is 0 Å². The smallest absolute Gasteiger partial charge is 0.124 e. The molecule has 0 aliphatic rings. The van der Waals surface area contributed by atoms with Crippen molar-refractivity contribution in [1.29, 1.82) is 0 Å². The monoisotopic (exact) mass is 294 g/mol. The molecular weight excluding hydrogens is 279 g/mol. The lowest BCUT2D eigenvalue weighted by molar-refractivity contribution is 0.0574. The van der Waals surface area contributed by atoms with Gasteiger partial charge in [-0.25, -0.2) is 4.39 Å². The quantitative estimate of drug-likeness (QED) is 0.925. The number of hydrogen-bond donors (Lipinski definition) is 1. The molecule has 0 amide bonds.